The number of amides is 1. The summed E-state index contributed by atoms with van der Waals surface area (Å²) >= 11 is 3.34. The van der Waals surface area contributed by atoms with Crippen molar-refractivity contribution in [2.75, 3.05) is 11.1 Å². The van der Waals surface area contributed by atoms with Crippen molar-refractivity contribution in [3.63, 3.8) is 0 Å². The molecule has 19 heavy (non-hydrogen) atoms. The number of nitrogens with one attached hydrogen (secondary N) is 1. The molecule has 1 fully saturated rings. The number of carbonyl (C=O) groups is 1. The predicted molar refractivity (Wildman–Crippen MR) is 79.1 cm³/mol. The minimum absolute atomic E-state index is 0.118. The average Bonchev–Trinajstić information content (AvgIpc) is 2.38. The molecule has 1 atom stereocenters. The maximum atomic E-state index is 12.1. The van der Waals surface area contributed by atoms with Crippen molar-refractivity contribution < 1.29 is 13.2 Å². The Kier molecular flexibility index (Phi) is 4.62. The van der Waals surface area contributed by atoms with Gasteiger partial charge in [-0.25, -0.2) is 8.42 Å². The number of alkyl halides is 1. The molecule has 1 saturated heterocycles. The second-order valence-corrected chi connectivity index (χ2v) is 7.54. The van der Waals surface area contributed by atoms with Gasteiger partial charge in [-0.1, -0.05) is 34.5 Å². The molecule has 1 amide bonds. The van der Waals surface area contributed by atoms with Crippen LogP contribution in [0.25, 0.3) is 0 Å². The SMILES string of the molecule is O=C(Nc1cccc(CBr)c1)C1CCCCS1(=O)=O. The Morgan fingerprint density at radius 1 is 1.37 bits per heavy atom. The summed E-state index contributed by atoms with van der Waals surface area (Å²) in [6.45, 7) is 0. The summed E-state index contributed by atoms with van der Waals surface area (Å²) in [5, 5.41) is 2.50. The van der Waals surface area contributed by atoms with Crippen LogP contribution in [0.5, 0.6) is 0 Å². The van der Waals surface area contributed by atoms with E-state index >= 15 is 0 Å². The van der Waals surface area contributed by atoms with Crippen LogP contribution in [0.1, 0.15) is 24.8 Å². The lowest BCUT2D eigenvalue weighted by Gasteiger charge is -2.21. The highest BCUT2D eigenvalue weighted by atomic mass is 79.9. The first kappa shape index (κ1) is 14.5. The van der Waals surface area contributed by atoms with E-state index in [0.717, 1.165) is 12.0 Å². The molecule has 4 nitrogen and oxygen atoms in total. The minimum atomic E-state index is -3.28. The molecule has 0 saturated carbocycles. The predicted octanol–water partition coefficient (Wildman–Crippen LogP) is 2.49. The minimum Gasteiger partial charge on any atom is -0.325 e. The van der Waals surface area contributed by atoms with Crippen LogP contribution in [0.3, 0.4) is 0 Å². The lowest BCUT2D eigenvalue weighted by Crippen LogP contribution is -2.39. The third-order valence-electron chi connectivity index (χ3n) is 3.22. The number of hydrogen-bond acceptors (Lipinski definition) is 3. The molecular formula is C13H16BrNO3S. The fourth-order valence-corrected chi connectivity index (χ4v) is 4.35. The number of rotatable bonds is 3. The Morgan fingerprint density at radius 3 is 2.84 bits per heavy atom. The molecule has 1 unspecified atom stereocenters. The first-order valence-corrected chi connectivity index (χ1v) is 9.04. The molecular weight excluding hydrogens is 330 g/mol. The molecule has 1 aliphatic rings. The largest absolute Gasteiger partial charge is 0.325 e. The summed E-state index contributed by atoms with van der Waals surface area (Å²) in [6.07, 6.45) is 1.87. The van der Waals surface area contributed by atoms with Gasteiger partial charge in [0, 0.05) is 11.0 Å². The van der Waals surface area contributed by atoms with Crippen molar-refractivity contribution in [1.29, 1.82) is 0 Å². The highest BCUT2D eigenvalue weighted by Gasteiger charge is 2.34. The summed E-state index contributed by atoms with van der Waals surface area (Å²) < 4.78 is 23.7. The Hall–Kier alpha value is -0.880. The first-order chi connectivity index (χ1) is 9.03. The molecule has 1 N–H and O–H groups in total. The fraction of sp³-hybridized carbons (Fsp3) is 0.462. The third kappa shape index (κ3) is 3.57. The maximum Gasteiger partial charge on any atom is 0.242 e. The molecule has 2 rings (SSSR count). The molecule has 1 aliphatic heterocycles. The van der Waals surface area contributed by atoms with E-state index in [1.165, 1.54) is 0 Å². The van der Waals surface area contributed by atoms with E-state index in [1.54, 1.807) is 6.07 Å². The van der Waals surface area contributed by atoms with E-state index in [9.17, 15) is 13.2 Å². The number of anilines is 1. The van der Waals surface area contributed by atoms with Crippen LogP contribution in [0.2, 0.25) is 0 Å². The van der Waals surface area contributed by atoms with Gasteiger partial charge in [-0.05, 0) is 30.5 Å². The van der Waals surface area contributed by atoms with E-state index in [4.69, 9.17) is 0 Å². The van der Waals surface area contributed by atoms with E-state index in [0.29, 0.717) is 23.9 Å². The van der Waals surface area contributed by atoms with E-state index in [1.807, 2.05) is 18.2 Å². The number of benzene rings is 1. The van der Waals surface area contributed by atoms with E-state index < -0.39 is 21.0 Å². The van der Waals surface area contributed by atoms with Crippen molar-refractivity contribution >= 4 is 37.4 Å². The van der Waals surface area contributed by atoms with Gasteiger partial charge in [0.2, 0.25) is 5.91 Å². The van der Waals surface area contributed by atoms with Gasteiger partial charge in [-0.3, -0.25) is 4.79 Å². The van der Waals surface area contributed by atoms with Gasteiger partial charge in [-0.2, -0.15) is 0 Å². The molecule has 0 radical (unpaired) electrons. The zero-order valence-electron chi connectivity index (χ0n) is 10.4. The summed E-state index contributed by atoms with van der Waals surface area (Å²) in [5.74, 6) is -0.293. The number of sulfone groups is 1. The number of hydrogen-bond donors (Lipinski definition) is 1. The van der Waals surface area contributed by atoms with Crippen LogP contribution in [0, 0.1) is 0 Å². The Balaban J connectivity index is 2.12. The van der Waals surface area contributed by atoms with E-state index in [2.05, 4.69) is 21.2 Å². The van der Waals surface area contributed by atoms with Crippen molar-refractivity contribution in [2.24, 2.45) is 0 Å². The van der Waals surface area contributed by atoms with Crippen LogP contribution < -0.4 is 5.32 Å². The van der Waals surface area contributed by atoms with Crippen LogP contribution in [0.4, 0.5) is 5.69 Å². The smallest absolute Gasteiger partial charge is 0.242 e. The molecule has 1 heterocycles. The molecule has 0 aromatic heterocycles. The molecule has 0 spiro atoms. The normalized spacial score (nSPS) is 21.8. The monoisotopic (exact) mass is 345 g/mol. The van der Waals surface area contributed by atoms with Crippen molar-refractivity contribution in [1.82, 2.24) is 0 Å². The number of carbonyl (C=O) groups excluding carboxylic acids is 1. The Morgan fingerprint density at radius 2 is 2.16 bits per heavy atom. The Labute approximate surface area is 121 Å². The van der Waals surface area contributed by atoms with Gasteiger partial charge >= 0.3 is 0 Å². The van der Waals surface area contributed by atoms with Crippen LogP contribution in [-0.4, -0.2) is 25.3 Å². The third-order valence-corrected chi connectivity index (χ3v) is 6.04. The lowest BCUT2D eigenvalue weighted by molar-refractivity contribution is -0.116. The van der Waals surface area contributed by atoms with Gasteiger partial charge in [0.15, 0.2) is 9.84 Å². The van der Waals surface area contributed by atoms with Crippen molar-refractivity contribution in [3.05, 3.63) is 29.8 Å². The summed E-state index contributed by atoms with van der Waals surface area (Å²) in [7, 11) is -3.28. The van der Waals surface area contributed by atoms with Gasteiger partial charge in [0.25, 0.3) is 0 Å². The van der Waals surface area contributed by atoms with E-state index in [-0.39, 0.29) is 5.75 Å². The Bertz CT molecular complexity index is 571. The molecule has 6 heteroatoms. The van der Waals surface area contributed by atoms with Crippen LogP contribution in [-0.2, 0) is 20.0 Å². The highest BCUT2D eigenvalue weighted by molar-refractivity contribution is 9.08. The van der Waals surface area contributed by atoms with Crippen molar-refractivity contribution in [3.8, 4) is 0 Å². The molecule has 1 aromatic carbocycles. The van der Waals surface area contributed by atoms with Crippen LogP contribution >= 0.6 is 15.9 Å². The van der Waals surface area contributed by atoms with Crippen molar-refractivity contribution in [2.45, 2.75) is 29.8 Å². The average molecular weight is 346 g/mol. The summed E-state index contributed by atoms with van der Waals surface area (Å²) in [4.78, 5) is 12.1. The molecule has 0 bridgehead atoms. The summed E-state index contributed by atoms with van der Waals surface area (Å²) in [5.41, 5.74) is 1.67. The van der Waals surface area contributed by atoms with Crippen LogP contribution in [0.15, 0.2) is 24.3 Å². The van der Waals surface area contributed by atoms with Gasteiger partial charge < -0.3 is 5.32 Å². The standard InChI is InChI=1S/C13H16BrNO3S/c14-9-10-4-3-5-11(8-10)15-13(16)12-6-1-2-7-19(12,17)18/h3-5,8,12H,1-2,6-7,9H2,(H,15,16). The topological polar surface area (TPSA) is 63.2 Å². The quantitative estimate of drug-likeness (QED) is 0.856. The molecule has 1 aromatic rings. The summed E-state index contributed by atoms with van der Waals surface area (Å²) in [6, 6.07) is 7.37. The maximum absolute atomic E-state index is 12.1. The lowest BCUT2D eigenvalue weighted by atomic mass is 10.1. The second kappa shape index (κ2) is 6.05. The zero-order chi connectivity index (χ0) is 13.9. The number of halogens is 1. The molecule has 0 aliphatic carbocycles. The van der Waals surface area contributed by atoms with Gasteiger partial charge in [0.05, 0.1) is 5.75 Å². The first-order valence-electron chi connectivity index (χ1n) is 6.20. The molecule has 104 valence electrons. The second-order valence-electron chi connectivity index (χ2n) is 4.67. The highest BCUT2D eigenvalue weighted by Crippen LogP contribution is 2.21. The fourth-order valence-electron chi connectivity index (χ4n) is 2.20. The van der Waals surface area contributed by atoms with Gasteiger partial charge in [0.1, 0.15) is 5.25 Å². The zero-order valence-corrected chi connectivity index (χ0v) is 12.8. The van der Waals surface area contributed by atoms with Gasteiger partial charge in [-0.15, -0.1) is 0 Å².